The van der Waals surface area contributed by atoms with E-state index in [4.69, 9.17) is 0 Å². The fraction of sp³-hybridized carbons (Fsp3) is 0.0625. The number of hydrazone groups is 1. The average Bonchev–Trinajstić information content (AvgIpc) is 2.57. The Morgan fingerprint density at radius 3 is 2.58 bits per heavy atom. The van der Waals surface area contributed by atoms with Crippen LogP contribution < -0.4 is 10.7 Å². The highest BCUT2D eigenvalue weighted by Crippen LogP contribution is 2.13. The molecule has 2 amide bonds. The summed E-state index contributed by atoms with van der Waals surface area (Å²) < 4.78 is 0. The predicted molar refractivity (Wildman–Crippen MR) is 88.6 cm³/mol. The lowest BCUT2D eigenvalue weighted by Crippen LogP contribution is -2.32. The van der Waals surface area contributed by atoms with Crippen LogP contribution >= 0.6 is 0 Å². The van der Waals surface area contributed by atoms with Crippen molar-refractivity contribution in [2.75, 3.05) is 5.32 Å². The van der Waals surface area contributed by atoms with Gasteiger partial charge in [0.2, 0.25) is 0 Å². The van der Waals surface area contributed by atoms with Crippen molar-refractivity contribution in [1.82, 2.24) is 5.43 Å². The van der Waals surface area contributed by atoms with Crippen LogP contribution in [0.5, 0.6) is 0 Å². The van der Waals surface area contributed by atoms with E-state index in [1.54, 1.807) is 31.2 Å². The van der Waals surface area contributed by atoms with Gasteiger partial charge in [-0.15, -0.1) is 0 Å². The van der Waals surface area contributed by atoms with Gasteiger partial charge >= 0.3 is 11.8 Å². The minimum atomic E-state index is -0.945. The third-order valence-electron chi connectivity index (χ3n) is 3.06. The van der Waals surface area contributed by atoms with Gasteiger partial charge in [0.25, 0.3) is 5.69 Å². The maximum atomic E-state index is 11.8. The summed E-state index contributed by atoms with van der Waals surface area (Å²) in [5, 5.41) is 16.8. The fourth-order valence-electron chi connectivity index (χ4n) is 1.83. The minimum Gasteiger partial charge on any atom is -0.317 e. The Morgan fingerprint density at radius 2 is 1.88 bits per heavy atom. The van der Waals surface area contributed by atoms with Crippen LogP contribution in [0.3, 0.4) is 0 Å². The van der Waals surface area contributed by atoms with Gasteiger partial charge in [-0.05, 0) is 18.6 Å². The molecule has 0 aliphatic carbocycles. The maximum Gasteiger partial charge on any atom is 0.329 e. The molecular formula is C16H14N4O4. The molecule has 2 N–H and O–H groups in total. The number of benzene rings is 2. The van der Waals surface area contributed by atoms with Gasteiger partial charge in [-0.2, -0.15) is 5.10 Å². The molecule has 0 atom stereocenters. The largest absolute Gasteiger partial charge is 0.329 e. The molecule has 0 aliphatic rings. The van der Waals surface area contributed by atoms with Gasteiger partial charge in [-0.1, -0.05) is 30.3 Å². The zero-order valence-corrected chi connectivity index (χ0v) is 12.7. The lowest BCUT2D eigenvalue weighted by molar-refractivity contribution is -0.384. The molecule has 0 bridgehead atoms. The predicted octanol–water partition coefficient (Wildman–Crippen LogP) is 1.99. The van der Waals surface area contributed by atoms with Gasteiger partial charge in [0.1, 0.15) is 0 Å². The first kappa shape index (κ1) is 16.8. The fourth-order valence-corrected chi connectivity index (χ4v) is 1.83. The van der Waals surface area contributed by atoms with E-state index in [1.807, 2.05) is 6.07 Å². The van der Waals surface area contributed by atoms with Gasteiger partial charge in [0.05, 0.1) is 11.1 Å². The first-order valence-electron chi connectivity index (χ1n) is 6.92. The second-order valence-corrected chi connectivity index (χ2v) is 4.82. The van der Waals surface area contributed by atoms with Crippen LogP contribution in [0.2, 0.25) is 0 Å². The van der Waals surface area contributed by atoms with E-state index in [1.165, 1.54) is 24.4 Å². The van der Waals surface area contributed by atoms with Crippen LogP contribution in [0.25, 0.3) is 0 Å². The monoisotopic (exact) mass is 326 g/mol. The van der Waals surface area contributed by atoms with Crippen molar-refractivity contribution in [2.45, 2.75) is 6.92 Å². The molecule has 2 aromatic carbocycles. The molecular weight excluding hydrogens is 312 g/mol. The van der Waals surface area contributed by atoms with Crippen molar-refractivity contribution in [3.05, 3.63) is 69.8 Å². The van der Waals surface area contributed by atoms with Gasteiger partial charge in [0.15, 0.2) is 0 Å². The molecule has 0 fully saturated rings. The van der Waals surface area contributed by atoms with Gasteiger partial charge in [-0.25, -0.2) is 5.43 Å². The lowest BCUT2D eigenvalue weighted by Gasteiger charge is -2.06. The third-order valence-corrected chi connectivity index (χ3v) is 3.06. The number of rotatable bonds is 4. The molecule has 8 nitrogen and oxygen atoms in total. The number of hydrogen-bond donors (Lipinski definition) is 2. The van der Waals surface area contributed by atoms with Crippen LogP contribution in [0.15, 0.2) is 53.6 Å². The van der Waals surface area contributed by atoms with Crippen molar-refractivity contribution in [3.63, 3.8) is 0 Å². The first-order chi connectivity index (χ1) is 11.5. The molecule has 0 spiro atoms. The molecule has 0 saturated carbocycles. The van der Waals surface area contributed by atoms with Crippen LogP contribution in [0.1, 0.15) is 11.1 Å². The standard InChI is InChI=1S/C16H14N4O4/c1-11-5-2-3-8-14(11)18-15(21)16(22)19-17-10-12-6-4-7-13(9-12)20(23)24/h2-10H,1H3,(H,18,21)(H,19,22). The number of carbonyl (C=O) groups excluding carboxylic acids is 2. The number of nitrogens with one attached hydrogen (secondary N) is 2. The number of hydrogen-bond acceptors (Lipinski definition) is 5. The van der Waals surface area contributed by atoms with Gasteiger partial charge in [-0.3, -0.25) is 19.7 Å². The number of anilines is 1. The smallest absolute Gasteiger partial charge is 0.317 e. The number of nitrogens with zero attached hydrogens (tertiary/aromatic N) is 2. The van der Waals surface area contributed by atoms with Crippen molar-refractivity contribution in [3.8, 4) is 0 Å². The molecule has 0 radical (unpaired) electrons. The van der Waals surface area contributed by atoms with E-state index >= 15 is 0 Å². The molecule has 0 unspecified atom stereocenters. The van der Waals surface area contributed by atoms with Crippen molar-refractivity contribution >= 4 is 29.4 Å². The number of amides is 2. The number of carbonyl (C=O) groups is 2. The van der Waals surface area contributed by atoms with Crippen LogP contribution in [0.4, 0.5) is 11.4 Å². The molecule has 0 aromatic heterocycles. The molecule has 24 heavy (non-hydrogen) atoms. The molecule has 0 heterocycles. The number of aryl methyl sites for hydroxylation is 1. The summed E-state index contributed by atoms with van der Waals surface area (Å²) in [4.78, 5) is 33.6. The highest BCUT2D eigenvalue weighted by molar-refractivity contribution is 6.39. The van der Waals surface area contributed by atoms with E-state index in [-0.39, 0.29) is 5.69 Å². The molecule has 2 aromatic rings. The maximum absolute atomic E-state index is 11.8. The average molecular weight is 326 g/mol. The highest BCUT2D eigenvalue weighted by Gasteiger charge is 2.13. The van der Waals surface area contributed by atoms with Crippen molar-refractivity contribution in [1.29, 1.82) is 0 Å². The summed E-state index contributed by atoms with van der Waals surface area (Å²) in [6.07, 6.45) is 1.21. The Morgan fingerprint density at radius 1 is 1.12 bits per heavy atom. The second-order valence-electron chi connectivity index (χ2n) is 4.82. The second kappa shape index (κ2) is 7.63. The normalized spacial score (nSPS) is 10.4. The van der Waals surface area contributed by atoms with Gasteiger partial charge in [0, 0.05) is 23.4 Å². The third kappa shape index (κ3) is 4.47. The SMILES string of the molecule is Cc1ccccc1NC(=O)C(=O)NN=Cc1cccc([N+](=O)[O-])c1. The van der Waals surface area contributed by atoms with Crippen molar-refractivity contribution in [2.24, 2.45) is 5.10 Å². The number of para-hydroxylation sites is 1. The molecule has 122 valence electrons. The number of nitro groups is 1. The minimum absolute atomic E-state index is 0.0948. The van der Waals surface area contributed by atoms with E-state index < -0.39 is 16.7 Å². The van der Waals surface area contributed by atoms with E-state index in [9.17, 15) is 19.7 Å². The Balaban J connectivity index is 1.95. The lowest BCUT2D eigenvalue weighted by atomic mass is 10.2. The first-order valence-corrected chi connectivity index (χ1v) is 6.92. The summed E-state index contributed by atoms with van der Waals surface area (Å²) in [5.41, 5.74) is 3.74. The highest BCUT2D eigenvalue weighted by atomic mass is 16.6. The zero-order chi connectivity index (χ0) is 17.5. The number of non-ortho nitro benzene ring substituents is 1. The topological polar surface area (TPSA) is 114 Å². The number of nitro benzene ring substituents is 1. The van der Waals surface area contributed by atoms with E-state index in [2.05, 4.69) is 15.8 Å². The molecule has 8 heteroatoms. The van der Waals surface area contributed by atoms with Crippen LogP contribution in [0, 0.1) is 17.0 Å². The van der Waals surface area contributed by atoms with Crippen LogP contribution in [-0.4, -0.2) is 23.0 Å². The molecule has 2 rings (SSSR count). The Bertz CT molecular complexity index is 817. The Kier molecular flexibility index (Phi) is 5.35. The summed E-state index contributed by atoms with van der Waals surface area (Å²) in [6.45, 7) is 1.80. The van der Waals surface area contributed by atoms with Gasteiger partial charge < -0.3 is 5.32 Å². The summed E-state index contributed by atoms with van der Waals surface area (Å²) in [7, 11) is 0. The molecule has 0 saturated heterocycles. The summed E-state index contributed by atoms with van der Waals surface area (Å²) in [5.74, 6) is -1.81. The van der Waals surface area contributed by atoms with E-state index in [0.29, 0.717) is 11.3 Å². The Labute approximate surface area is 137 Å². The quantitative estimate of drug-likeness (QED) is 0.387. The molecule has 0 aliphatic heterocycles. The summed E-state index contributed by atoms with van der Waals surface area (Å²) >= 11 is 0. The van der Waals surface area contributed by atoms with E-state index in [0.717, 1.165) is 5.56 Å². The van der Waals surface area contributed by atoms with Crippen LogP contribution in [-0.2, 0) is 9.59 Å². The van der Waals surface area contributed by atoms with Crippen molar-refractivity contribution < 1.29 is 14.5 Å². The Hall–Kier alpha value is -3.55. The zero-order valence-electron chi connectivity index (χ0n) is 12.7. The summed E-state index contributed by atoms with van der Waals surface area (Å²) in [6, 6.07) is 12.7.